The molecular weight excluding hydrogens is 309 g/mol. The molecule has 21 heavy (non-hydrogen) atoms. The molecule has 0 aromatic heterocycles. The maximum atomic E-state index is 11.9. The number of halogens is 2. The molecule has 1 atom stereocenters. The maximum Gasteiger partial charge on any atom is 0.258 e. The van der Waals surface area contributed by atoms with Crippen molar-refractivity contribution in [2.45, 2.75) is 13.0 Å². The van der Waals surface area contributed by atoms with E-state index in [9.17, 15) is 4.79 Å². The highest BCUT2D eigenvalue weighted by atomic mass is 35.5. The lowest BCUT2D eigenvalue weighted by Crippen LogP contribution is -2.31. The van der Waals surface area contributed by atoms with Crippen LogP contribution in [0, 0.1) is 0 Å². The molecule has 0 heterocycles. The topological polar surface area (TPSA) is 38.3 Å². The molecule has 0 bridgehead atoms. The first-order valence-electron chi connectivity index (χ1n) is 6.48. The Balaban J connectivity index is 1.87. The van der Waals surface area contributed by atoms with Crippen LogP contribution in [0.1, 0.15) is 18.5 Å². The Bertz CT molecular complexity index is 597. The van der Waals surface area contributed by atoms with Gasteiger partial charge in [0.15, 0.2) is 6.61 Å². The molecule has 0 aliphatic heterocycles. The minimum absolute atomic E-state index is 0.0785. The van der Waals surface area contributed by atoms with E-state index < -0.39 is 0 Å². The predicted molar refractivity (Wildman–Crippen MR) is 85.0 cm³/mol. The van der Waals surface area contributed by atoms with Gasteiger partial charge in [-0.1, -0.05) is 53.5 Å². The molecule has 2 rings (SSSR count). The first-order valence-corrected chi connectivity index (χ1v) is 7.23. The van der Waals surface area contributed by atoms with Gasteiger partial charge in [0, 0.05) is 10.0 Å². The van der Waals surface area contributed by atoms with Gasteiger partial charge in [0.05, 0.1) is 6.04 Å². The molecule has 0 spiro atoms. The average Bonchev–Trinajstić information content (AvgIpc) is 2.45. The zero-order valence-corrected chi connectivity index (χ0v) is 13.0. The Labute approximate surface area is 133 Å². The van der Waals surface area contributed by atoms with E-state index in [1.165, 1.54) is 0 Å². The number of amides is 1. The van der Waals surface area contributed by atoms with Gasteiger partial charge in [-0.05, 0) is 30.7 Å². The van der Waals surface area contributed by atoms with Crippen LogP contribution in [0.5, 0.6) is 5.75 Å². The number of benzene rings is 2. The summed E-state index contributed by atoms with van der Waals surface area (Å²) in [5.41, 5.74) is 1.04. The van der Waals surface area contributed by atoms with Gasteiger partial charge in [0.1, 0.15) is 5.75 Å². The van der Waals surface area contributed by atoms with E-state index in [0.29, 0.717) is 15.8 Å². The Morgan fingerprint density at radius 2 is 1.76 bits per heavy atom. The third-order valence-electron chi connectivity index (χ3n) is 2.88. The van der Waals surface area contributed by atoms with Crippen LogP contribution in [0.15, 0.2) is 48.5 Å². The molecule has 2 aromatic carbocycles. The number of carbonyl (C=O) groups is 1. The van der Waals surface area contributed by atoms with Gasteiger partial charge < -0.3 is 10.1 Å². The molecule has 1 N–H and O–H groups in total. The molecule has 0 saturated carbocycles. The molecule has 3 nitrogen and oxygen atoms in total. The van der Waals surface area contributed by atoms with Gasteiger partial charge in [0.2, 0.25) is 0 Å². The van der Waals surface area contributed by atoms with Crippen molar-refractivity contribution in [1.82, 2.24) is 5.32 Å². The highest BCUT2D eigenvalue weighted by Gasteiger charge is 2.10. The van der Waals surface area contributed by atoms with Crippen LogP contribution >= 0.6 is 23.2 Å². The van der Waals surface area contributed by atoms with Crippen molar-refractivity contribution in [1.29, 1.82) is 0 Å². The van der Waals surface area contributed by atoms with Crippen molar-refractivity contribution < 1.29 is 9.53 Å². The summed E-state index contributed by atoms with van der Waals surface area (Å²) in [4.78, 5) is 11.9. The second kappa shape index (κ2) is 7.34. The van der Waals surface area contributed by atoms with Gasteiger partial charge in [-0.3, -0.25) is 4.79 Å². The molecular formula is C16H15Cl2NO2. The fourth-order valence-corrected chi connectivity index (χ4v) is 2.37. The summed E-state index contributed by atoms with van der Waals surface area (Å²) >= 11 is 11.7. The van der Waals surface area contributed by atoms with Gasteiger partial charge in [-0.25, -0.2) is 0 Å². The Hall–Kier alpha value is -1.71. The summed E-state index contributed by atoms with van der Waals surface area (Å²) in [6, 6.07) is 14.5. The highest BCUT2D eigenvalue weighted by molar-refractivity contribution is 6.34. The Kier molecular flexibility index (Phi) is 5.48. The summed E-state index contributed by atoms with van der Waals surface area (Å²) in [7, 11) is 0. The third kappa shape index (κ3) is 4.96. The van der Waals surface area contributed by atoms with Crippen LogP contribution < -0.4 is 10.1 Å². The smallest absolute Gasteiger partial charge is 0.258 e. The molecule has 5 heteroatoms. The van der Waals surface area contributed by atoms with E-state index >= 15 is 0 Å². The van der Waals surface area contributed by atoms with Crippen molar-refractivity contribution in [3.05, 3.63) is 64.1 Å². The normalized spacial score (nSPS) is 11.8. The van der Waals surface area contributed by atoms with Gasteiger partial charge in [-0.2, -0.15) is 0 Å². The fourth-order valence-electron chi connectivity index (χ4n) is 1.87. The average molecular weight is 324 g/mol. The molecule has 1 unspecified atom stereocenters. The zero-order valence-electron chi connectivity index (χ0n) is 11.5. The van der Waals surface area contributed by atoms with E-state index in [1.807, 2.05) is 37.3 Å². The summed E-state index contributed by atoms with van der Waals surface area (Å²) in [6.45, 7) is 1.83. The largest absolute Gasteiger partial charge is 0.484 e. The lowest BCUT2D eigenvalue weighted by atomic mass is 10.1. The van der Waals surface area contributed by atoms with Crippen molar-refractivity contribution in [3.8, 4) is 5.75 Å². The summed E-state index contributed by atoms with van der Waals surface area (Å²) in [5.74, 6) is 0.262. The molecule has 110 valence electrons. The lowest BCUT2D eigenvalue weighted by Gasteiger charge is -2.14. The maximum absolute atomic E-state index is 11.9. The number of carbonyl (C=O) groups excluding carboxylic acids is 1. The van der Waals surface area contributed by atoms with Crippen molar-refractivity contribution in [2.75, 3.05) is 6.61 Å². The number of nitrogens with one attached hydrogen (secondary N) is 1. The second-order valence-corrected chi connectivity index (χ2v) is 5.47. The van der Waals surface area contributed by atoms with Gasteiger partial charge in [-0.15, -0.1) is 0 Å². The van der Waals surface area contributed by atoms with Crippen LogP contribution in [0.4, 0.5) is 0 Å². The summed E-state index contributed by atoms with van der Waals surface area (Å²) < 4.78 is 5.39. The monoisotopic (exact) mass is 323 g/mol. The van der Waals surface area contributed by atoms with E-state index in [-0.39, 0.29) is 18.6 Å². The zero-order chi connectivity index (χ0) is 15.2. The summed E-state index contributed by atoms with van der Waals surface area (Å²) in [5, 5.41) is 3.80. The molecule has 0 saturated heterocycles. The van der Waals surface area contributed by atoms with E-state index in [1.54, 1.807) is 18.2 Å². The molecule has 0 aliphatic carbocycles. The van der Waals surface area contributed by atoms with Crippen LogP contribution in [0.2, 0.25) is 10.0 Å². The second-order valence-electron chi connectivity index (χ2n) is 4.59. The van der Waals surface area contributed by atoms with Gasteiger partial charge >= 0.3 is 0 Å². The van der Waals surface area contributed by atoms with Crippen molar-refractivity contribution >= 4 is 29.1 Å². The summed E-state index contributed by atoms with van der Waals surface area (Å²) in [6.07, 6.45) is 0. The predicted octanol–water partition coefficient (Wildman–Crippen LogP) is 4.25. The van der Waals surface area contributed by atoms with Crippen LogP contribution in [-0.4, -0.2) is 12.5 Å². The Morgan fingerprint density at radius 1 is 1.14 bits per heavy atom. The number of rotatable bonds is 5. The molecule has 2 aromatic rings. The molecule has 0 aliphatic rings. The van der Waals surface area contributed by atoms with E-state index in [0.717, 1.165) is 5.56 Å². The number of hydrogen-bond acceptors (Lipinski definition) is 2. The standard InChI is InChI=1S/C16H15Cl2NO2/c1-11(12-5-3-2-4-6-12)19-16(20)10-21-15-8-13(17)7-14(18)9-15/h2-9,11H,10H2,1H3,(H,19,20). The Morgan fingerprint density at radius 3 is 2.38 bits per heavy atom. The SMILES string of the molecule is CC(NC(=O)COc1cc(Cl)cc(Cl)c1)c1ccccc1. The minimum atomic E-state index is -0.206. The van der Waals surface area contributed by atoms with E-state index in [2.05, 4.69) is 5.32 Å². The molecule has 0 radical (unpaired) electrons. The lowest BCUT2D eigenvalue weighted by molar-refractivity contribution is -0.123. The van der Waals surface area contributed by atoms with Crippen LogP contribution in [0.3, 0.4) is 0 Å². The van der Waals surface area contributed by atoms with Crippen LogP contribution in [0.25, 0.3) is 0 Å². The molecule has 0 fully saturated rings. The quantitative estimate of drug-likeness (QED) is 0.893. The van der Waals surface area contributed by atoms with Crippen molar-refractivity contribution in [2.24, 2.45) is 0 Å². The van der Waals surface area contributed by atoms with Crippen LogP contribution in [-0.2, 0) is 4.79 Å². The first-order chi connectivity index (χ1) is 10.0. The van der Waals surface area contributed by atoms with Crippen molar-refractivity contribution in [3.63, 3.8) is 0 Å². The fraction of sp³-hybridized carbons (Fsp3) is 0.188. The number of hydrogen-bond donors (Lipinski definition) is 1. The number of ether oxygens (including phenoxy) is 1. The van der Waals surface area contributed by atoms with Gasteiger partial charge in [0.25, 0.3) is 5.91 Å². The minimum Gasteiger partial charge on any atom is -0.484 e. The highest BCUT2D eigenvalue weighted by Crippen LogP contribution is 2.24. The molecule has 1 amide bonds. The third-order valence-corrected chi connectivity index (χ3v) is 3.32. The van der Waals surface area contributed by atoms with E-state index in [4.69, 9.17) is 27.9 Å². The first kappa shape index (κ1) is 15.7.